The van der Waals surface area contributed by atoms with Gasteiger partial charge in [-0.3, -0.25) is 24.3 Å². The molecule has 1 aliphatic heterocycles. The van der Waals surface area contributed by atoms with Crippen molar-refractivity contribution in [2.24, 2.45) is 0 Å². The minimum atomic E-state index is -1.06. The SMILES string of the molecule is O=C(NCc1ccccn1)[C@H](c1ccccc1)N1C(=O)c2ccccc2C1=O. The lowest BCUT2D eigenvalue weighted by Crippen LogP contribution is -2.43. The Balaban J connectivity index is 1.66. The van der Waals surface area contributed by atoms with Crippen molar-refractivity contribution in [1.29, 1.82) is 0 Å². The maximum Gasteiger partial charge on any atom is 0.262 e. The van der Waals surface area contributed by atoms with Gasteiger partial charge in [-0.1, -0.05) is 48.5 Å². The molecule has 3 aromatic rings. The zero-order chi connectivity index (χ0) is 19.5. The molecule has 4 rings (SSSR count). The second-order valence-electron chi connectivity index (χ2n) is 6.38. The lowest BCUT2D eigenvalue weighted by Gasteiger charge is -2.25. The number of rotatable bonds is 5. The van der Waals surface area contributed by atoms with Gasteiger partial charge in [-0.05, 0) is 29.8 Å². The molecular weight excluding hydrogens is 354 g/mol. The number of hydrogen-bond acceptors (Lipinski definition) is 4. The molecular formula is C22H17N3O3. The van der Waals surface area contributed by atoms with Crippen LogP contribution in [0.1, 0.15) is 38.0 Å². The van der Waals surface area contributed by atoms with Gasteiger partial charge in [0, 0.05) is 6.20 Å². The van der Waals surface area contributed by atoms with Crippen molar-refractivity contribution in [3.63, 3.8) is 0 Å². The molecule has 0 aliphatic carbocycles. The number of nitrogens with one attached hydrogen (secondary N) is 1. The van der Waals surface area contributed by atoms with E-state index in [0.29, 0.717) is 22.4 Å². The molecule has 0 bridgehead atoms. The first-order valence-electron chi connectivity index (χ1n) is 8.86. The van der Waals surface area contributed by atoms with E-state index in [-0.39, 0.29) is 6.54 Å². The summed E-state index contributed by atoms with van der Waals surface area (Å²) in [5.41, 5.74) is 1.87. The van der Waals surface area contributed by atoms with Crippen molar-refractivity contribution in [1.82, 2.24) is 15.2 Å². The fourth-order valence-electron chi connectivity index (χ4n) is 3.27. The van der Waals surface area contributed by atoms with E-state index in [1.807, 2.05) is 12.1 Å². The van der Waals surface area contributed by atoms with Crippen LogP contribution >= 0.6 is 0 Å². The van der Waals surface area contributed by atoms with Crippen LogP contribution < -0.4 is 5.32 Å². The second kappa shape index (κ2) is 7.44. The molecule has 2 heterocycles. The van der Waals surface area contributed by atoms with Crippen molar-refractivity contribution in [2.45, 2.75) is 12.6 Å². The van der Waals surface area contributed by atoms with Gasteiger partial charge in [0.25, 0.3) is 11.8 Å². The first-order chi connectivity index (χ1) is 13.7. The first kappa shape index (κ1) is 17.6. The monoisotopic (exact) mass is 371 g/mol. The highest BCUT2D eigenvalue weighted by molar-refractivity contribution is 6.22. The minimum Gasteiger partial charge on any atom is -0.348 e. The highest BCUT2D eigenvalue weighted by Crippen LogP contribution is 2.31. The van der Waals surface area contributed by atoms with Gasteiger partial charge >= 0.3 is 0 Å². The van der Waals surface area contributed by atoms with Crippen molar-refractivity contribution in [3.05, 3.63) is 101 Å². The van der Waals surface area contributed by atoms with Crippen LogP contribution in [-0.4, -0.2) is 27.6 Å². The van der Waals surface area contributed by atoms with Crippen LogP contribution in [0.25, 0.3) is 0 Å². The zero-order valence-electron chi connectivity index (χ0n) is 14.9. The Morgan fingerprint density at radius 1 is 0.857 bits per heavy atom. The molecule has 0 spiro atoms. The molecule has 1 aliphatic rings. The van der Waals surface area contributed by atoms with Crippen molar-refractivity contribution in [3.8, 4) is 0 Å². The highest BCUT2D eigenvalue weighted by Gasteiger charge is 2.43. The normalized spacial score (nSPS) is 13.9. The summed E-state index contributed by atoms with van der Waals surface area (Å²) in [5.74, 6) is -1.38. The standard InChI is InChI=1S/C22H17N3O3/c26-20(24-14-16-10-6-7-13-23-16)19(15-8-2-1-3-9-15)25-21(27)17-11-4-5-12-18(17)22(25)28/h1-13,19H,14H2,(H,24,26)/t19-/m0/s1. The van der Waals surface area contributed by atoms with E-state index in [9.17, 15) is 14.4 Å². The van der Waals surface area contributed by atoms with Crippen LogP contribution in [0.3, 0.4) is 0 Å². The molecule has 0 radical (unpaired) electrons. The third kappa shape index (κ3) is 3.16. The van der Waals surface area contributed by atoms with Crippen molar-refractivity contribution < 1.29 is 14.4 Å². The maximum atomic E-state index is 13.1. The molecule has 1 aromatic heterocycles. The van der Waals surface area contributed by atoms with Crippen LogP contribution in [0.2, 0.25) is 0 Å². The van der Waals surface area contributed by atoms with Gasteiger partial charge in [0.15, 0.2) is 0 Å². The lowest BCUT2D eigenvalue weighted by atomic mass is 10.0. The molecule has 2 aromatic carbocycles. The summed E-state index contributed by atoms with van der Waals surface area (Å²) in [6, 6.07) is 19.8. The molecule has 3 amide bonds. The van der Waals surface area contributed by atoms with Gasteiger partial charge in [-0.15, -0.1) is 0 Å². The van der Waals surface area contributed by atoms with Gasteiger partial charge in [-0.25, -0.2) is 0 Å². The van der Waals surface area contributed by atoms with Gasteiger partial charge in [-0.2, -0.15) is 0 Å². The zero-order valence-corrected chi connectivity index (χ0v) is 14.9. The number of hydrogen-bond donors (Lipinski definition) is 1. The number of carbonyl (C=O) groups is 3. The number of amides is 3. The average molecular weight is 371 g/mol. The van der Waals surface area contributed by atoms with Crippen LogP contribution in [0.4, 0.5) is 0 Å². The second-order valence-corrected chi connectivity index (χ2v) is 6.38. The summed E-state index contributed by atoms with van der Waals surface area (Å²) in [6.07, 6.45) is 1.64. The first-order valence-corrected chi connectivity index (χ1v) is 8.86. The Morgan fingerprint density at radius 2 is 1.46 bits per heavy atom. The van der Waals surface area contributed by atoms with Crippen LogP contribution in [-0.2, 0) is 11.3 Å². The lowest BCUT2D eigenvalue weighted by molar-refractivity contribution is -0.125. The van der Waals surface area contributed by atoms with Crippen LogP contribution in [0, 0.1) is 0 Å². The third-order valence-electron chi connectivity index (χ3n) is 4.62. The number of carbonyl (C=O) groups excluding carboxylic acids is 3. The summed E-state index contributed by atoms with van der Waals surface area (Å²) in [5, 5.41) is 2.79. The molecule has 0 saturated heterocycles. The summed E-state index contributed by atoms with van der Waals surface area (Å²) in [7, 11) is 0. The number of pyridine rings is 1. The fourth-order valence-corrected chi connectivity index (χ4v) is 3.27. The number of aromatic nitrogens is 1. The Labute approximate surface area is 161 Å². The molecule has 1 atom stereocenters. The number of imide groups is 1. The van der Waals surface area contributed by atoms with E-state index < -0.39 is 23.8 Å². The van der Waals surface area contributed by atoms with E-state index in [1.54, 1.807) is 66.9 Å². The molecule has 0 fully saturated rings. The minimum absolute atomic E-state index is 0.201. The van der Waals surface area contributed by atoms with E-state index >= 15 is 0 Å². The third-order valence-corrected chi connectivity index (χ3v) is 4.62. The Bertz CT molecular complexity index is 1000. The van der Waals surface area contributed by atoms with Gasteiger partial charge in [0.2, 0.25) is 5.91 Å². The Kier molecular flexibility index (Phi) is 4.68. The van der Waals surface area contributed by atoms with E-state index in [2.05, 4.69) is 10.3 Å². The molecule has 138 valence electrons. The summed E-state index contributed by atoms with van der Waals surface area (Å²) in [4.78, 5) is 44.1. The quantitative estimate of drug-likeness (QED) is 0.700. The van der Waals surface area contributed by atoms with Crippen molar-refractivity contribution >= 4 is 17.7 Å². The summed E-state index contributed by atoms with van der Waals surface area (Å²) >= 11 is 0. The van der Waals surface area contributed by atoms with Crippen molar-refractivity contribution in [2.75, 3.05) is 0 Å². The molecule has 28 heavy (non-hydrogen) atoms. The highest BCUT2D eigenvalue weighted by atomic mass is 16.2. The largest absolute Gasteiger partial charge is 0.348 e. The van der Waals surface area contributed by atoms with Crippen LogP contribution in [0.5, 0.6) is 0 Å². The molecule has 0 unspecified atom stereocenters. The molecule has 6 nitrogen and oxygen atoms in total. The van der Waals surface area contributed by atoms with E-state index in [0.717, 1.165) is 4.90 Å². The van der Waals surface area contributed by atoms with Gasteiger partial charge in [0.1, 0.15) is 6.04 Å². The number of nitrogens with zero attached hydrogens (tertiary/aromatic N) is 2. The van der Waals surface area contributed by atoms with Crippen LogP contribution in [0.15, 0.2) is 79.0 Å². The molecule has 1 N–H and O–H groups in total. The van der Waals surface area contributed by atoms with Gasteiger partial charge < -0.3 is 5.32 Å². The van der Waals surface area contributed by atoms with Gasteiger partial charge in [0.05, 0.1) is 23.4 Å². The number of benzene rings is 2. The van der Waals surface area contributed by atoms with E-state index in [4.69, 9.17) is 0 Å². The molecule has 0 saturated carbocycles. The topological polar surface area (TPSA) is 79.4 Å². The smallest absolute Gasteiger partial charge is 0.262 e. The average Bonchev–Trinajstić information content (AvgIpc) is 2.99. The fraction of sp³-hybridized carbons (Fsp3) is 0.0909. The summed E-state index contributed by atoms with van der Waals surface area (Å²) in [6.45, 7) is 0.201. The molecule has 6 heteroatoms. The predicted octanol–water partition coefficient (Wildman–Crippen LogP) is 2.74. The maximum absolute atomic E-state index is 13.1. The summed E-state index contributed by atoms with van der Waals surface area (Å²) < 4.78 is 0. The predicted molar refractivity (Wildman–Crippen MR) is 102 cm³/mol. The number of fused-ring (bicyclic) bond motifs is 1. The van der Waals surface area contributed by atoms with E-state index in [1.165, 1.54) is 0 Å². The Hall–Kier alpha value is -3.80. The Morgan fingerprint density at radius 3 is 2.07 bits per heavy atom.